The Morgan fingerprint density at radius 1 is 1.64 bits per heavy atom. The highest BCUT2D eigenvalue weighted by molar-refractivity contribution is 5.19. The van der Waals surface area contributed by atoms with Crippen LogP contribution in [0.4, 0.5) is 0 Å². The van der Waals surface area contributed by atoms with Crippen LogP contribution >= 0.6 is 0 Å². The third-order valence-corrected chi connectivity index (χ3v) is 2.34. The monoisotopic (exact) mass is 150 g/mol. The van der Waals surface area contributed by atoms with Crippen molar-refractivity contribution < 1.29 is 0 Å². The Labute approximate surface area is 66.8 Å². The molecule has 1 aromatic rings. The summed E-state index contributed by atoms with van der Waals surface area (Å²) in [5.74, 6) is 0.744. The van der Waals surface area contributed by atoms with Crippen molar-refractivity contribution in [2.24, 2.45) is 11.7 Å². The lowest BCUT2D eigenvalue weighted by molar-refractivity contribution is 0.618. The van der Waals surface area contributed by atoms with Crippen molar-refractivity contribution in [2.45, 2.75) is 25.8 Å². The summed E-state index contributed by atoms with van der Waals surface area (Å²) in [6, 6.07) is 2.40. The number of H-pyrrole nitrogens is 1. The molecule has 2 rings (SSSR count). The molecule has 1 fully saturated rings. The first-order chi connectivity index (χ1) is 5.27. The molecule has 0 radical (unpaired) electrons. The lowest BCUT2D eigenvalue weighted by Gasteiger charge is -2.06. The van der Waals surface area contributed by atoms with Crippen LogP contribution < -0.4 is 5.73 Å². The molecule has 1 aromatic heterocycles. The van der Waals surface area contributed by atoms with Crippen molar-refractivity contribution >= 4 is 0 Å². The Balaban J connectivity index is 2.14. The molecule has 0 spiro atoms. The molecule has 2 heteroatoms. The van der Waals surface area contributed by atoms with Gasteiger partial charge in [0.2, 0.25) is 0 Å². The summed E-state index contributed by atoms with van der Waals surface area (Å²) in [6.07, 6.45) is 4.62. The zero-order chi connectivity index (χ0) is 7.84. The van der Waals surface area contributed by atoms with E-state index in [-0.39, 0.29) is 6.04 Å². The van der Waals surface area contributed by atoms with Crippen molar-refractivity contribution in [1.82, 2.24) is 4.98 Å². The zero-order valence-corrected chi connectivity index (χ0v) is 6.80. The molecule has 1 unspecified atom stereocenters. The molecule has 1 heterocycles. The fourth-order valence-corrected chi connectivity index (χ4v) is 1.43. The minimum Gasteiger partial charge on any atom is -0.363 e. The molecular weight excluding hydrogens is 136 g/mol. The topological polar surface area (TPSA) is 41.8 Å². The molecule has 0 aliphatic heterocycles. The van der Waals surface area contributed by atoms with Crippen LogP contribution in [0.5, 0.6) is 0 Å². The van der Waals surface area contributed by atoms with Gasteiger partial charge in [0.1, 0.15) is 0 Å². The lowest BCUT2D eigenvalue weighted by atomic mass is 10.1. The Morgan fingerprint density at radius 3 is 2.82 bits per heavy atom. The summed E-state index contributed by atoms with van der Waals surface area (Å²) in [6.45, 7) is 2.08. The van der Waals surface area contributed by atoms with E-state index in [1.807, 2.05) is 6.20 Å². The first kappa shape index (κ1) is 6.92. The van der Waals surface area contributed by atoms with Crippen molar-refractivity contribution in [3.8, 4) is 0 Å². The van der Waals surface area contributed by atoms with Crippen molar-refractivity contribution in [3.63, 3.8) is 0 Å². The summed E-state index contributed by atoms with van der Waals surface area (Å²) in [7, 11) is 0. The van der Waals surface area contributed by atoms with E-state index in [1.54, 1.807) is 0 Å². The van der Waals surface area contributed by atoms with Gasteiger partial charge in [-0.1, -0.05) is 0 Å². The molecular formula is C9H14N2. The van der Waals surface area contributed by atoms with E-state index in [9.17, 15) is 0 Å². The van der Waals surface area contributed by atoms with Crippen LogP contribution in [0.25, 0.3) is 0 Å². The SMILES string of the molecule is Cc1c[nH]c(C(N)C2CC2)c1. The largest absolute Gasteiger partial charge is 0.363 e. The fourth-order valence-electron chi connectivity index (χ4n) is 1.43. The number of aryl methyl sites for hydroxylation is 1. The van der Waals surface area contributed by atoms with Gasteiger partial charge in [-0.25, -0.2) is 0 Å². The van der Waals surface area contributed by atoms with Crippen LogP contribution in [0.2, 0.25) is 0 Å². The minimum atomic E-state index is 0.253. The van der Waals surface area contributed by atoms with E-state index in [1.165, 1.54) is 24.1 Å². The van der Waals surface area contributed by atoms with Gasteiger partial charge in [-0.15, -0.1) is 0 Å². The smallest absolute Gasteiger partial charge is 0.0476 e. The van der Waals surface area contributed by atoms with Gasteiger partial charge in [-0.3, -0.25) is 0 Å². The van der Waals surface area contributed by atoms with E-state index in [0.29, 0.717) is 0 Å². The Morgan fingerprint density at radius 2 is 2.36 bits per heavy atom. The molecule has 2 nitrogen and oxygen atoms in total. The van der Waals surface area contributed by atoms with Crippen LogP contribution in [0.3, 0.4) is 0 Å². The standard InChI is InChI=1S/C9H14N2/c1-6-4-8(11-5-6)9(10)7-2-3-7/h4-5,7,9,11H,2-3,10H2,1H3. The summed E-state index contributed by atoms with van der Waals surface area (Å²) < 4.78 is 0. The Bertz CT molecular complexity index is 248. The third-order valence-electron chi connectivity index (χ3n) is 2.34. The Hall–Kier alpha value is -0.760. The van der Waals surface area contributed by atoms with Gasteiger partial charge in [-0.05, 0) is 37.3 Å². The molecule has 3 N–H and O–H groups in total. The zero-order valence-electron chi connectivity index (χ0n) is 6.80. The highest BCUT2D eigenvalue weighted by Crippen LogP contribution is 2.38. The van der Waals surface area contributed by atoms with Crippen molar-refractivity contribution in [1.29, 1.82) is 0 Å². The third kappa shape index (κ3) is 1.31. The normalized spacial score (nSPS) is 20.2. The van der Waals surface area contributed by atoms with E-state index in [4.69, 9.17) is 5.73 Å². The van der Waals surface area contributed by atoms with Gasteiger partial charge in [0, 0.05) is 17.9 Å². The van der Waals surface area contributed by atoms with E-state index < -0.39 is 0 Å². The molecule has 0 aromatic carbocycles. The summed E-state index contributed by atoms with van der Waals surface area (Å²) in [5.41, 5.74) is 8.46. The maximum Gasteiger partial charge on any atom is 0.0476 e. The lowest BCUT2D eigenvalue weighted by Crippen LogP contribution is -2.12. The van der Waals surface area contributed by atoms with Crippen LogP contribution in [-0.4, -0.2) is 4.98 Å². The van der Waals surface area contributed by atoms with E-state index in [2.05, 4.69) is 18.0 Å². The molecule has 0 amide bonds. The van der Waals surface area contributed by atoms with Crippen LogP contribution in [-0.2, 0) is 0 Å². The van der Waals surface area contributed by atoms with Crippen LogP contribution in [0.1, 0.15) is 30.1 Å². The average molecular weight is 150 g/mol. The van der Waals surface area contributed by atoms with E-state index in [0.717, 1.165) is 5.92 Å². The predicted octanol–water partition coefficient (Wildman–Crippen LogP) is 1.73. The van der Waals surface area contributed by atoms with Gasteiger partial charge in [0.15, 0.2) is 0 Å². The number of hydrogen-bond acceptors (Lipinski definition) is 1. The highest BCUT2D eigenvalue weighted by Gasteiger charge is 2.29. The quantitative estimate of drug-likeness (QED) is 0.662. The summed E-state index contributed by atoms with van der Waals surface area (Å²) in [5, 5.41) is 0. The molecule has 1 saturated carbocycles. The van der Waals surface area contributed by atoms with E-state index >= 15 is 0 Å². The second-order valence-corrected chi connectivity index (χ2v) is 3.50. The Kier molecular flexibility index (Phi) is 1.50. The minimum absolute atomic E-state index is 0.253. The molecule has 0 bridgehead atoms. The van der Waals surface area contributed by atoms with Crippen LogP contribution in [0.15, 0.2) is 12.3 Å². The second-order valence-electron chi connectivity index (χ2n) is 3.50. The predicted molar refractivity (Wildman–Crippen MR) is 45.2 cm³/mol. The van der Waals surface area contributed by atoms with Crippen molar-refractivity contribution in [2.75, 3.05) is 0 Å². The highest BCUT2D eigenvalue weighted by atomic mass is 14.8. The van der Waals surface area contributed by atoms with Crippen LogP contribution in [0, 0.1) is 12.8 Å². The number of rotatable bonds is 2. The maximum absolute atomic E-state index is 5.98. The fraction of sp³-hybridized carbons (Fsp3) is 0.556. The number of nitrogens with one attached hydrogen (secondary N) is 1. The molecule has 11 heavy (non-hydrogen) atoms. The molecule has 1 aliphatic carbocycles. The summed E-state index contributed by atoms with van der Waals surface area (Å²) in [4.78, 5) is 3.20. The number of hydrogen-bond donors (Lipinski definition) is 2. The van der Waals surface area contributed by atoms with Crippen molar-refractivity contribution in [3.05, 3.63) is 23.5 Å². The summed E-state index contributed by atoms with van der Waals surface area (Å²) >= 11 is 0. The molecule has 0 saturated heterocycles. The first-order valence-corrected chi connectivity index (χ1v) is 4.18. The van der Waals surface area contributed by atoms with Gasteiger partial charge >= 0.3 is 0 Å². The average Bonchev–Trinajstić information content (AvgIpc) is 2.74. The molecule has 60 valence electrons. The van der Waals surface area contributed by atoms with Gasteiger partial charge < -0.3 is 10.7 Å². The second kappa shape index (κ2) is 2.38. The number of aromatic amines is 1. The molecule has 1 atom stereocenters. The van der Waals surface area contributed by atoms with Gasteiger partial charge in [-0.2, -0.15) is 0 Å². The number of aromatic nitrogens is 1. The van der Waals surface area contributed by atoms with Gasteiger partial charge in [0.05, 0.1) is 0 Å². The maximum atomic E-state index is 5.98. The molecule has 1 aliphatic rings. The first-order valence-electron chi connectivity index (χ1n) is 4.18. The number of nitrogens with two attached hydrogens (primary N) is 1. The van der Waals surface area contributed by atoms with Gasteiger partial charge in [0.25, 0.3) is 0 Å².